The summed E-state index contributed by atoms with van der Waals surface area (Å²) in [5, 5.41) is 4.58. The Morgan fingerprint density at radius 1 is 1.00 bits per heavy atom. The zero-order valence-corrected chi connectivity index (χ0v) is 18.6. The molecule has 0 atom stereocenters. The van der Waals surface area contributed by atoms with Crippen LogP contribution in [0.4, 0.5) is 16.0 Å². The number of halogens is 1. The Balaban J connectivity index is 1.30. The lowest BCUT2D eigenvalue weighted by atomic mass is 10.1. The van der Waals surface area contributed by atoms with Crippen molar-refractivity contribution in [2.24, 2.45) is 5.10 Å². The van der Waals surface area contributed by atoms with E-state index < -0.39 is 0 Å². The van der Waals surface area contributed by atoms with Gasteiger partial charge in [-0.3, -0.25) is 10.3 Å². The summed E-state index contributed by atoms with van der Waals surface area (Å²) in [6.07, 6.45) is 1.54. The van der Waals surface area contributed by atoms with Gasteiger partial charge in [-0.15, -0.1) is 0 Å². The molecule has 9 nitrogen and oxygen atoms in total. The maximum Gasteiger partial charge on any atom is 0.320 e. The van der Waals surface area contributed by atoms with Crippen LogP contribution in [-0.4, -0.2) is 86.3 Å². The van der Waals surface area contributed by atoms with Gasteiger partial charge in [-0.25, -0.2) is 4.39 Å². The molecule has 1 aromatic carbocycles. The van der Waals surface area contributed by atoms with Crippen molar-refractivity contribution < 1.29 is 18.6 Å². The highest BCUT2D eigenvalue weighted by molar-refractivity contribution is 6.04. The number of fused-ring (bicyclic) bond motifs is 1. The zero-order valence-electron chi connectivity index (χ0n) is 18.6. The van der Waals surface area contributed by atoms with Crippen molar-refractivity contribution in [1.29, 1.82) is 0 Å². The molecule has 3 heterocycles. The lowest BCUT2D eigenvalue weighted by Gasteiger charge is -2.28. The molecule has 2 aromatic rings. The predicted molar refractivity (Wildman–Crippen MR) is 123 cm³/mol. The van der Waals surface area contributed by atoms with Crippen LogP contribution in [0.25, 0.3) is 0 Å². The van der Waals surface area contributed by atoms with Crippen LogP contribution in [0.2, 0.25) is 0 Å². The molecule has 1 N–H and O–H groups in total. The van der Waals surface area contributed by atoms with Crippen LogP contribution in [-0.2, 0) is 15.9 Å². The number of benzene rings is 1. The highest BCUT2D eigenvalue weighted by Crippen LogP contribution is 2.25. The maximum atomic E-state index is 13.5. The normalized spacial score (nSPS) is 20.2. The molecular weight excluding hydrogens is 427 g/mol. The van der Waals surface area contributed by atoms with Gasteiger partial charge in [0.25, 0.3) is 0 Å². The van der Waals surface area contributed by atoms with E-state index in [9.17, 15) is 4.39 Å². The van der Waals surface area contributed by atoms with Gasteiger partial charge in [-0.05, 0) is 36.6 Å². The molecule has 2 aliphatic heterocycles. The van der Waals surface area contributed by atoms with E-state index in [0.29, 0.717) is 31.6 Å². The van der Waals surface area contributed by atoms with Gasteiger partial charge in [0.1, 0.15) is 18.2 Å². The van der Waals surface area contributed by atoms with Gasteiger partial charge in [0, 0.05) is 44.4 Å². The number of aryl methyl sites for hydroxylation is 1. The second-order valence-corrected chi connectivity index (χ2v) is 8.27. The monoisotopic (exact) mass is 456 g/mol. The number of hydrogen-bond donors (Lipinski definition) is 1. The molecule has 5 rings (SSSR count). The fourth-order valence-corrected chi connectivity index (χ4v) is 4.26. The average Bonchev–Trinajstić information content (AvgIpc) is 3.26. The Hall–Kier alpha value is -2.82. The van der Waals surface area contributed by atoms with Crippen molar-refractivity contribution in [3.63, 3.8) is 0 Å². The standard InChI is InChI=1S/C23H29FN6O3/c24-18-2-3-19-17(15-18)1-4-20(19)27-28-21-16-22(30-8-12-32-13-9-30)26-23(25-21)33-14-7-29-5-10-31-11-6-29/h2-3,15-16H,1,4-14H2,(H,25,26,28). The van der Waals surface area contributed by atoms with E-state index >= 15 is 0 Å². The second-order valence-electron chi connectivity index (χ2n) is 8.27. The summed E-state index contributed by atoms with van der Waals surface area (Å²) in [5.41, 5.74) is 5.94. The number of aromatic nitrogens is 2. The first-order valence-electron chi connectivity index (χ1n) is 11.5. The van der Waals surface area contributed by atoms with Gasteiger partial charge < -0.3 is 19.1 Å². The van der Waals surface area contributed by atoms with Crippen molar-refractivity contribution in [1.82, 2.24) is 14.9 Å². The molecule has 176 valence electrons. The van der Waals surface area contributed by atoms with E-state index in [-0.39, 0.29) is 5.82 Å². The Morgan fingerprint density at radius 3 is 2.61 bits per heavy atom. The van der Waals surface area contributed by atoms with Crippen LogP contribution in [0.5, 0.6) is 6.01 Å². The highest BCUT2D eigenvalue weighted by Gasteiger charge is 2.19. The fourth-order valence-electron chi connectivity index (χ4n) is 4.26. The summed E-state index contributed by atoms with van der Waals surface area (Å²) < 4.78 is 30.3. The minimum Gasteiger partial charge on any atom is -0.462 e. The number of ether oxygens (including phenoxy) is 3. The third kappa shape index (κ3) is 5.58. The smallest absolute Gasteiger partial charge is 0.320 e. The van der Waals surface area contributed by atoms with Gasteiger partial charge in [-0.1, -0.05) is 0 Å². The zero-order chi connectivity index (χ0) is 22.5. The van der Waals surface area contributed by atoms with Crippen LogP contribution in [0.15, 0.2) is 29.4 Å². The first kappa shape index (κ1) is 22.0. The Morgan fingerprint density at radius 2 is 1.79 bits per heavy atom. The highest BCUT2D eigenvalue weighted by atomic mass is 19.1. The molecule has 10 heteroatoms. The summed E-state index contributed by atoms with van der Waals surface area (Å²) >= 11 is 0. The number of anilines is 2. The quantitative estimate of drug-likeness (QED) is 0.633. The van der Waals surface area contributed by atoms with Crippen LogP contribution >= 0.6 is 0 Å². The summed E-state index contributed by atoms with van der Waals surface area (Å²) in [4.78, 5) is 13.6. The largest absolute Gasteiger partial charge is 0.462 e. The average molecular weight is 457 g/mol. The van der Waals surface area contributed by atoms with E-state index in [4.69, 9.17) is 14.2 Å². The summed E-state index contributed by atoms with van der Waals surface area (Å²) in [7, 11) is 0. The molecule has 0 radical (unpaired) electrons. The van der Waals surface area contributed by atoms with E-state index in [1.165, 1.54) is 6.07 Å². The predicted octanol–water partition coefficient (Wildman–Crippen LogP) is 1.93. The molecular formula is C23H29FN6O3. The lowest BCUT2D eigenvalue weighted by Crippen LogP contribution is -2.39. The maximum absolute atomic E-state index is 13.5. The first-order valence-corrected chi connectivity index (χ1v) is 11.5. The minimum atomic E-state index is -0.215. The summed E-state index contributed by atoms with van der Waals surface area (Å²) in [5.74, 6) is 1.13. The van der Waals surface area contributed by atoms with Crippen molar-refractivity contribution in [3.8, 4) is 6.01 Å². The van der Waals surface area contributed by atoms with Crippen LogP contribution in [0.3, 0.4) is 0 Å². The number of hydrogen-bond acceptors (Lipinski definition) is 9. The second kappa shape index (κ2) is 10.4. The van der Waals surface area contributed by atoms with Gasteiger partial charge in [-0.2, -0.15) is 15.1 Å². The summed E-state index contributed by atoms with van der Waals surface area (Å²) in [6.45, 7) is 7.48. The van der Waals surface area contributed by atoms with Crippen LogP contribution < -0.4 is 15.1 Å². The molecule has 0 saturated carbocycles. The minimum absolute atomic E-state index is 0.215. The lowest BCUT2D eigenvalue weighted by molar-refractivity contribution is 0.0317. The molecule has 0 spiro atoms. The van der Waals surface area contributed by atoms with Crippen molar-refractivity contribution in [2.45, 2.75) is 12.8 Å². The SMILES string of the molecule is Fc1ccc2c(c1)CCC2=NNc1cc(N2CCOCC2)nc(OCCN2CCOCC2)n1. The summed E-state index contributed by atoms with van der Waals surface area (Å²) in [6, 6.07) is 7.05. The number of rotatable bonds is 7. The third-order valence-electron chi connectivity index (χ3n) is 6.08. The Kier molecular flexibility index (Phi) is 6.94. The van der Waals surface area contributed by atoms with Crippen molar-refractivity contribution >= 4 is 17.3 Å². The van der Waals surface area contributed by atoms with E-state index in [2.05, 4.69) is 30.3 Å². The third-order valence-corrected chi connectivity index (χ3v) is 6.08. The van der Waals surface area contributed by atoms with Gasteiger partial charge >= 0.3 is 6.01 Å². The molecule has 2 saturated heterocycles. The van der Waals surface area contributed by atoms with E-state index in [0.717, 1.165) is 81.4 Å². The van der Waals surface area contributed by atoms with Crippen molar-refractivity contribution in [2.75, 3.05) is 76.1 Å². The Labute approximate surface area is 192 Å². The molecule has 2 fully saturated rings. The van der Waals surface area contributed by atoms with Gasteiger partial charge in [0.2, 0.25) is 0 Å². The first-order chi connectivity index (χ1) is 16.2. The number of hydrazone groups is 1. The molecule has 33 heavy (non-hydrogen) atoms. The van der Waals surface area contributed by atoms with E-state index in [1.54, 1.807) is 12.1 Å². The molecule has 0 bridgehead atoms. The van der Waals surface area contributed by atoms with Crippen LogP contribution in [0.1, 0.15) is 17.5 Å². The molecule has 1 aliphatic carbocycles. The molecule has 3 aliphatic rings. The fraction of sp³-hybridized carbons (Fsp3) is 0.522. The molecule has 1 aromatic heterocycles. The molecule has 0 unspecified atom stereocenters. The number of nitrogens with zero attached hydrogens (tertiary/aromatic N) is 5. The van der Waals surface area contributed by atoms with Gasteiger partial charge in [0.05, 0.1) is 32.1 Å². The Bertz CT molecular complexity index is 992. The van der Waals surface area contributed by atoms with Gasteiger partial charge in [0.15, 0.2) is 5.82 Å². The molecule has 0 amide bonds. The topological polar surface area (TPSA) is 84.3 Å². The van der Waals surface area contributed by atoms with E-state index in [1.807, 2.05) is 6.07 Å². The van der Waals surface area contributed by atoms with Crippen LogP contribution in [0, 0.1) is 5.82 Å². The van der Waals surface area contributed by atoms with Crippen molar-refractivity contribution in [3.05, 3.63) is 41.2 Å². The number of morpholine rings is 2. The number of nitrogens with one attached hydrogen (secondary N) is 1.